The summed E-state index contributed by atoms with van der Waals surface area (Å²) in [6.45, 7) is 3.89. The van der Waals surface area contributed by atoms with Crippen molar-refractivity contribution in [3.05, 3.63) is 78.3 Å². The number of aryl methyl sites for hydroxylation is 1. The molecule has 1 N–H and O–H groups in total. The summed E-state index contributed by atoms with van der Waals surface area (Å²) < 4.78 is 7.02. The van der Waals surface area contributed by atoms with Gasteiger partial charge in [-0.15, -0.1) is 0 Å². The topological polar surface area (TPSA) is 98.7 Å². The van der Waals surface area contributed by atoms with Gasteiger partial charge in [-0.2, -0.15) is 4.98 Å². The average Bonchev–Trinajstić information content (AvgIpc) is 3.44. The first-order chi connectivity index (χ1) is 14.2. The van der Waals surface area contributed by atoms with E-state index < -0.39 is 0 Å². The van der Waals surface area contributed by atoms with Gasteiger partial charge in [-0.25, -0.2) is 9.97 Å². The van der Waals surface area contributed by atoms with Crippen molar-refractivity contribution in [3.8, 4) is 17.3 Å². The molecular formula is C21H20N6O2. The van der Waals surface area contributed by atoms with Crippen molar-refractivity contribution in [2.24, 2.45) is 0 Å². The molecule has 3 heterocycles. The van der Waals surface area contributed by atoms with Crippen molar-refractivity contribution < 1.29 is 9.32 Å². The fourth-order valence-corrected chi connectivity index (χ4v) is 2.93. The molecular weight excluding hydrogens is 368 g/mol. The maximum Gasteiger partial charge on any atom is 0.271 e. The molecule has 8 nitrogen and oxygen atoms in total. The van der Waals surface area contributed by atoms with Crippen LogP contribution in [0.4, 0.5) is 0 Å². The molecule has 0 aliphatic heterocycles. The van der Waals surface area contributed by atoms with E-state index in [4.69, 9.17) is 4.52 Å². The molecule has 0 bridgehead atoms. The SMILES string of the molecule is CCc1noc(-c2cccnc2-n2cnc(C(=O)N[C@@H](C)c3ccccc3)c2)n1. The molecule has 0 saturated carbocycles. The number of rotatable bonds is 6. The van der Waals surface area contributed by atoms with E-state index in [0.29, 0.717) is 35.2 Å². The van der Waals surface area contributed by atoms with Crippen molar-refractivity contribution >= 4 is 5.91 Å². The zero-order valence-corrected chi connectivity index (χ0v) is 16.1. The number of nitrogens with one attached hydrogen (secondary N) is 1. The lowest BCUT2D eigenvalue weighted by Crippen LogP contribution is -2.26. The van der Waals surface area contributed by atoms with Gasteiger partial charge in [-0.05, 0) is 24.6 Å². The first kappa shape index (κ1) is 18.5. The number of imidazole rings is 1. The molecule has 4 aromatic rings. The zero-order chi connectivity index (χ0) is 20.2. The van der Waals surface area contributed by atoms with Crippen molar-refractivity contribution in [3.63, 3.8) is 0 Å². The zero-order valence-electron chi connectivity index (χ0n) is 16.1. The summed E-state index contributed by atoms with van der Waals surface area (Å²) in [4.78, 5) is 25.6. The second-order valence-electron chi connectivity index (χ2n) is 6.52. The Morgan fingerprint density at radius 1 is 1.17 bits per heavy atom. The summed E-state index contributed by atoms with van der Waals surface area (Å²) in [6.07, 6.45) is 5.52. The molecule has 0 aliphatic carbocycles. The third-order valence-electron chi connectivity index (χ3n) is 4.51. The lowest BCUT2D eigenvalue weighted by molar-refractivity contribution is 0.0935. The smallest absolute Gasteiger partial charge is 0.271 e. The molecule has 1 atom stereocenters. The average molecular weight is 388 g/mol. The predicted octanol–water partition coefficient (Wildman–Crippen LogP) is 3.37. The van der Waals surface area contributed by atoms with Crippen molar-refractivity contribution in [2.75, 3.05) is 0 Å². The third-order valence-corrected chi connectivity index (χ3v) is 4.51. The van der Waals surface area contributed by atoms with Crippen LogP contribution in [0.3, 0.4) is 0 Å². The van der Waals surface area contributed by atoms with E-state index in [9.17, 15) is 4.79 Å². The molecule has 0 fully saturated rings. The fourth-order valence-electron chi connectivity index (χ4n) is 2.93. The third kappa shape index (κ3) is 3.91. The largest absolute Gasteiger partial charge is 0.344 e. The molecule has 0 radical (unpaired) electrons. The van der Waals surface area contributed by atoms with Gasteiger partial charge in [0.25, 0.3) is 11.8 Å². The number of hydrogen-bond acceptors (Lipinski definition) is 6. The van der Waals surface area contributed by atoms with Gasteiger partial charge >= 0.3 is 0 Å². The van der Waals surface area contributed by atoms with Crippen LogP contribution in [0.5, 0.6) is 0 Å². The van der Waals surface area contributed by atoms with Gasteiger partial charge in [0.05, 0.1) is 11.6 Å². The quantitative estimate of drug-likeness (QED) is 0.544. The Balaban J connectivity index is 1.57. The van der Waals surface area contributed by atoms with Crippen LogP contribution >= 0.6 is 0 Å². The highest BCUT2D eigenvalue weighted by Gasteiger charge is 2.18. The highest BCUT2D eigenvalue weighted by Crippen LogP contribution is 2.23. The van der Waals surface area contributed by atoms with E-state index in [1.807, 2.05) is 50.2 Å². The summed E-state index contributed by atoms with van der Waals surface area (Å²) in [6, 6.07) is 13.3. The number of aromatic nitrogens is 5. The van der Waals surface area contributed by atoms with Gasteiger partial charge < -0.3 is 9.84 Å². The number of nitrogens with zero attached hydrogens (tertiary/aromatic N) is 5. The van der Waals surface area contributed by atoms with Gasteiger partial charge in [0.15, 0.2) is 11.6 Å². The lowest BCUT2D eigenvalue weighted by Gasteiger charge is -2.13. The van der Waals surface area contributed by atoms with Gasteiger partial charge in [-0.3, -0.25) is 9.36 Å². The minimum atomic E-state index is -0.261. The molecule has 0 saturated heterocycles. The molecule has 8 heteroatoms. The van der Waals surface area contributed by atoms with E-state index >= 15 is 0 Å². The van der Waals surface area contributed by atoms with Gasteiger partial charge in [0, 0.05) is 18.8 Å². The summed E-state index contributed by atoms with van der Waals surface area (Å²) in [7, 11) is 0. The molecule has 4 rings (SSSR count). The Hall–Kier alpha value is -3.81. The van der Waals surface area contributed by atoms with Crippen LogP contribution in [0.2, 0.25) is 0 Å². The minimum absolute atomic E-state index is 0.134. The minimum Gasteiger partial charge on any atom is -0.344 e. The molecule has 0 spiro atoms. The van der Waals surface area contributed by atoms with E-state index in [-0.39, 0.29) is 11.9 Å². The van der Waals surface area contributed by atoms with E-state index in [0.717, 1.165) is 5.56 Å². The Bertz CT molecular complexity index is 1120. The number of carbonyl (C=O) groups is 1. The van der Waals surface area contributed by atoms with Crippen LogP contribution in [0, 0.1) is 0 Å². The first-order valence-corrected chi connectivity index (χ1v) is 9.34. The van der Waals surface area contributed by atoms with E-state index in [1.165, 1.54) is 0 Å². The highest BCUT2D eigenvalue weighted by atomic mass is 16.5. The number of hydrogen-bond donors (Lipinski definition) is 1. The summed E-state index contributed by atoms with van der Waals surface area (Å²) in [5.41, 5.74) is 1.99. The van der Waals surface area contributed by atoms with Crippen LogP contribution in [0.1, 0.15) is 41.8 Å². The van der Waals surface area contributed by atoms with E-state index in [1.54, 1.807) is 29.4 Å². The highest BCUT2D eigenvalue weighted by molar-refractivity contribution is 5.92. The normalized spacial score (nSPS) is 11.9. The summed E-state index contributed by atoms with van der Waals surface area (Å²) in [5.74, 6) is 1.29. The molecule has 146 valence electrons. The second kappa shape index (κ2) is 8.05. The monoisotopic (exact) mass is 388 g/mol. The Kier molecular flexibility index (Phi) is 5.15. The molecule has 0 aliphatic rings. The van der Waals surface area contributed by atoms with Crippen LogP contribution in [0.15, 0.2) is 65.7 Å². The van der Waals surface area contributed by atoms with Crippen molar-refractivity contribution in [2.45, 2.75) is 26.3 Å². The second-order valence-corrected chi connectivity index (χ2v) is 6.52. The maximum absolute atomic E-state index is 12.6. The van der Waals surface area contributed by atoms with Gasteiger partial charge in [0.1, 0.15) is 12.0 Å². The van der Waals surface area contributed by atoms with Gasteiger partial charge in [0.2, 0.25) is 0 Å². The Morgan fingerprint density at radius 2 is 2.00 bits per heavy atom. The van der Waals surface area contributed by atoms with Gasteiger partial charge in [-0.1, -0.05) is 42.4 Å². The molecule has 1 aromatic carbocycles. The van der Waals surface area contributed by atoms with Crippen LogP contribution in [-0.4, -0.2) is 30.6 Å². The van der Waals surface area contributed by atoms with Crippen LogP contribution in [0.25, 0.3) is 17.3 Å². The summed E-state index contributed by atoms with van der Waals surface area (Å²) >= 11 is 0. The number of pyridine rings is 1. The first-order valence-electron chi connectivity index (χ1n) is 9.34. The standard InChI is InChI=1S/C21H20N6O2/c1-3-18-25-21(29-26-18)16-10-7-11-22-19(16)27-12-17(23-13-27)20(28)24-14(2)15-8-5-4-6-9-15/h4-14H,3H2,1-2H3,(H,24,28)/t14-/m0/s1. The maximum atomic E-state index is 12.6. The van der Waals surface area contributed by atoms with Crippen molar-refractivity contribution in [1.29, 1.82) is 0 Å². The number of carbonyl (C=O) groups excluding carboxylic acids is 1. The molecule has 29 heavy (non-hydrogen) atoms. The Morgan fingerprint density at radius 3 is 2.76 bits per heavy atom. The molecule has 0 unspecified atom stereocenters. The number of benzene rings is 1. The van der Waals surface area contributed by atoms with E-state index in [2.05, 4.69) is 25.4 Å². The fraction of sp³-hybridized carbons (Fsp3) is 0.190. The summed E-state index contributed by atoms with van der Waals surface area (Å²) in [5, 5.41) is 6.90. The lowest BCUT2D eigenvalue weighted by atomic mass is 10.1. The Labute approximate surface area is 167 Å². The molecule has 1 amide bonds. The van der Waals surface area contributed by atoms with Crippen LogP contribution < -0.4 is 5.32 Å². The van der Waals surface area contributed by atoms with Crippen molar-refractivity contribution in [1.82, 2.24) is 30.0 Å². The molecule has 3 aromatic heterocycles. The predicted molar refractivity (Wildman–Crippen MR) is 106 cm³/mol. The van der Waals surface area contributed by atoms with Crippen LogP contribution in [-0.2, 0) is 6.42 Å². The number of amides is 1.